The lowest BCUT2D eigenvalue weighted by atomic mass is 10.0. The minimum absolute atomic E-state index is 0.0998. The maximum absolute atomic E-state index is 12.5. The van der Waals surface area contributed by atoms with E-state index in [2.05, 4.69) is 0 Å². The molecule has 0 aromatic heterocycles. The van der Waals surface area contributed by atoms with Crippen molar-refractivity contribution in [1.29, 1.82) is 0 Å². The second kappa shape index (κ2) is 9.80. The quantitative estimate of drug-likeness (QED) is 0.546. The Hall–Kier alpha value is -1.80. The third-order valence-electron chi connectivity index (χ3n) is 4.21. The molecule has 0 bridgehead atoms. The first-order valence-corrected chi connectivity index (χ1v) is 11.3. The van der Waals surface area contributed by atoms with Crippen LogP contribution in [0.25, 0.3) is 0 Å². The first-order chi connectivity index (χ1) is 13.6. The second-order valence-electron chi connectivity index (χ2n) is 6.54. The molecule has 1 atom stereocenters. The maximum Gasteiger partial charge on any atom is 0.182 e. The molecular weight excluding hydrogens is 439 g/mol. The van der Waals surface area contributed by atoms with E-state index in [0.29, 0.717) is 18.4 Å². The zero-order valence-corrected chi connectivity index (χ0v) is 18.3. The van der Waals surface area contributed by atoms with Crippen LogP contribution in [-0.2, 0) is 16.3 Å². The third kappa shape index (κ3) is 5.63. The van der Waals surface area contributed by atoms with E-state index >= 15 is 0 Å². The smallest absolute Gasteiger partial charge is 0.182 e. The van der Waals surface area contributed by atoms with Crippen molar-refractivity contribution in [2.75, 3.05) is 12.4 Å². The number of hydrogen-bond donors (Lipinski definition) is 2. The molecular formula is C20H22Cl2O6S. The van der Waals surface area contributed by atoms with E-state index in [1.165, 1.54) is 37.3 Å². The Balaban J connectivity index is 2.16. The van der Waals surface area contributed by atoms with Gasteiger partial charge in [0.1, 0.15) is 24.2 Å². The van der Waals surface area contributed by atoms with Crippen molar-refractivity contribution in [3.63, 3.8) is 0 Å². The topological polar surface area (TPSA) is 101 Å². The van der Waals surface area contributed by atoms with Crippen LogP contribution in [0.2, 0.25) is 10.0 Å². The third-order valence-corrected chi connectivity index (χ3v) is 6.98. The van der Waals surface area contributed by atoms with E-state index in [1.54, 1.807) is 0 Å². The normalized spacial score (nSPS) is 12.6. The van der Waals surface area contributed by atoms with Crippen LogP contribution < -0.4 is 4.74 Å². The van der Waals surface area contributed by atoms with Gasteiger partial charge in [-0.15, -0.1) is 0 Å². The molecule has 0 aliphatic rings. The molecule has 0 saturated heterocycles. The fraction of sp³-hybridized carbons (Fsp3) is 0.350. The molecule has 0 aliphatic carbocycles. The predicted octanol–water partition coefficient (Wildman–Crippen LogP) is 4.07. The number of ether oxygens (including phenoxy) is 1. The Kier molecular flexibility index (Phi) is 7.94. The Labute approximate surface area is 180 Å². The molecule has 1 unspecified atom stereocenters. The SMILES string of the molecule is CCCc1c(OCC(O)CS(=O)(=O)c2cccc(Cl)c2Cl)ccc(C(C)=O)c1O. The highest BCUT2D eigenvalue weighted by Gasteiger charge is 2.24. The average Bonchev–Trinajstić information content (AvgIpc) is 2.63. The number of phenols is 1. The summed E-state index contributed by atoms with van der Waals surface area (Å²) < 4.78 is 30.6. The number of carbonyl (C=O) groups is 1. The number of aliphatic hydroxyl groups is 1. The summed E-state index contributed by atoms with van der Waals surface area (Å²) in [5.41, 5.74) is 0.618. The molecule has 2 aromatic carbocycles. The Morgan fingerprint density at radius 1 is 1.21 bits per heavy atom. The van der Waals surface area contributed by atoms with Gasteiger partial charge in [0.15, 0.2) is 15.6 Å². The molecule has 0 spiro atoms. The molecule has 29 heavy (non-hydrogen) atoms. The van der Waals surface area contributed by atoms with Crippen LogP contribution in [0.15, 0.2) is 35.2 Å². The van der Waals surface area contributed by atoms with Crippen LogP contribution >= 0.6 is 23.2 Å². The number of phenolic OH excluding ortho intramolecular Hbond substituents is 1. The number of aliphatic hydroxyl groups excluding tert-OH is 1. The van der Waals surface area contributed by atoms with Gasteiger partial charge in [-0.05, 0) is 37.6 Å². The predicted molar refractivity (Wildman–Crippen MR) is 112 cm³/mol. The number of carbonyl (C=O) groups excluding carboxylic acids is 1. The van der Waals surface area contributed by atoms with Crippen LogP contribution in [-0.4, -0.2) is 42.9 Å². The highest BCUT2D eigenvalue weighted by Crippen LogP contribution is 2.33. The molecule has 6 nitrogen and oxygen atoms in total. The van der Waals surface area contributed by atoms with Gasteiger partial charge < -0.3 is 14.9 Å². The molecule has 0 heterocycles. The van der Waals surface area contributed by atoms with Crippen LogP contribution in [0.4, 0.5) is 0 Å². The summed E-state index contributed by atoms with van der Waals surface area (Å²) in [6.07, 6.45) is -0.205. The zero-order valence-electron chi connectivity index (χ0n) is 16.0. The molecule has 158 valence electrons. The van der Waals surface area contributed by atoms with Crippen molar-refractivity contribution in [2.24, 2.45) is 0 Å². The monoisotopic (exact) mass is 460 g/mol. The highest BCUT2D eigenvalue weighted by atomic mass is 35.5. The van der Waals surface area contributed by atoms with Crippen LogP contribution in [0.1, 0.15) is 36.2 Å². The van der Waals surface area contributed by atoms with Crippen molar-refractivity contribution in [3.8, 4) is 11.5 Å². The number of hydrogen-bond acceptors (Lipinski definition) is 6. The number of aromatic hydroxyl groups is 1. The fourth-order valence-corrected chi connectivity index (χ4v) is 4.99. The van der Waals surface area contributed by atoms with E-state index < -0.39 is 21.7 Å². The lowest BCUT2D eigenvalue weighted by Gasteiger charge is -2.17. The molecule has 9 heteroatoms. The van der Waals surface area contributed by atoms with Crippen LogP contribution in [0.3, 0.4) is 0 Å². The van der Waals surface area contributed by atoms with Gasteiger partial charge in [-0.2, -0.15) is 0 Å². The largest absolute Gasteiger partial charge is 0.507 e. The summed E-state index contributed by atoms with van der Waals surface area (Å²) in [5, 5.41) is 20.5. The molecule has 2 rings (SSSR count). The van der Waals surface area contributed by atoms with Crippen LogP contribution in [0, 0.1) is 0 Å². The summed E-state index contributed by atoms with van der Waals surface area (Å²) in [6.45, 7) is 2.92. The minimum atomic E-state index is -3.90. The first-order valence-electron chi connectivity index (χ1n) is 8.91. The summed E-state index contributed by atoms with van der Waals surface area (Å²) >= 11 is 11.8. The number of rotatable bonds is 9. The minimum Gasteiger partial charge on any atom is -0.507 e. The Morgan fingerprint density at radius 2 is 1.90 bits per heavy atom. The van der Waals surface area contributed by atoms with Crippen molar-refractivity contribution >= 4 is 38.8 Å². The van der Waals surface area contributed by atoms with Gasteiger partial charge in [0.25, 0.3) is 0 Å². The van der Waals surface area contributed by atoms with Gasteiger partial charge in [0.2, 0.25) is 0 Å². The lowest BCUT2D eigenvalue weighted by Crippen LogP contribution is -2.27. The summed E-state index contributed by atoms with van der Waals surface area (Å²) in [5.74, 6) is -0.777. The average molecular weight is 461 g/mol. The number of halogens is 2. The van der Waals surface area contributed by atoms with Crippen molar-refractivity contribution < 1.29 is 28.2 Å². The van der Waals surface area contributed by atoms with Gasteiger partial charge in [-0.1, -0.05) is 42.6 Å². The summed E-state index contributed by atoms with van der Waals surface area (Å²) in [6, 6.07) is 7.20. The van der Waals surface area contributed by atoms with E-state index in [1.807, 2.05) is 6.92 Å². The van der Waals surface area contributed by atoms with Crippen molar-refractivity contribution in [2.45, 2.75) is 37.7 Å². The molecule has 0 fully saturated rings. The first kappa shape index (κ1) is 23.5. The molecule has 0 radical (unpaired) electrons. The van der Waals surface area contributed by atoms with E-state index in [9.17, 15) is 23.4 Å². The van der Waals surface area contributed by atoms with E-state index in [-0.39, 0.29) is 44.4 Å². The van der Waals surface area contributed by atoms with E-state index in [4.69, 9.17) is 27.9 Å². The van der Waals surface area contributed by atoms with Gasteiger partial charge >= 0.3 is 0 Å². The molecule has 2 N–H and O–H groups in total. The van der Waals surface area contributed by atoms with Gasteiger partial charge in [-0.3, -0.25) is 4.79 Å². The molecule has 2 aromatic rings. The molecule has 0 aliphatic heterocycles. The second-order valence-corrected chi connectivity index (χ2v) is 9.33. The standard InChI is InChI=1S/C20H22Cl2O6S/c1-3-5-15-17(9-8-14(12(2)23)20(15)25)28-10-13(24)11-29(26,27)18-7-4-6-16(21)19(18)22/h4,6-9,13,24-25H,3,5,10-11H2,1-2H3. The maximum atomic E-state index is 12.5. The number of ketones is 1. The van der Waals surface area contributed by atoms with Gasteiger partial charge in [0.05, 0.1) is 26.3 Å². The van der Waals surface area contributed by atoms with Gasteiger partial charge in [0, 0.05) is 5.56 Å². The number of benzene rings is 2. The molecule has 0 amide bonds. The fourth-order valence-electron chi connectivity index (χ4n) is 2.83. The highest BCUT2D eigenvalue weighted by molar-refractivity contribution is 7.91. The van der Waals surface area contributed by atoms with E-state index in [0.717, 1.165) is 0 Å². The lowest BCUT2D eigenvalue weighted by molar-refractivity contribution is 0.101. The van der Waals surface area contributed by atoms with Crippen molar-refractivity contribution in [1.82, 2.24) is 0 Å². The molecule has 0 saturated carbocycles. The summed E-state index contributed by atoms with van der Waals surface area (Å²) in [7, 11) is -3.90. The summed E-state index contributed by atoms with van der Waals surface area (Å²) in [4.78, 5) is 11.4. The van der Waals surface area contributed by atoms with Gasteiger partial charge in [-0.25, -0.2) is 8.42 Å². The Bertz CT molecular complexity index is 1000. The van der Waals surface area contributed by atoms with Crippen molar-refractivity contribution in [3.05, 3.63) is 51.5 Å². The zero-order chi connectivity index (χ0) is 21.8. The number of sulfone groups is 1. The number of Topliss-reactive ketones (excluding diaryl/α,β-unsaturated/α-hetero) is 1. The Morgan fingerprint density at radius 3 is 2.52 bits per heavy atom. The van der Waals surface area contributed by atoms with Crippen LogP contribution in [0.5, 0.6) is 11.5 Å².